The Kier molecular flexibility index (Phi) is 16.0. The van der Waals surface area contributed by atoms with E-state index in [-0.39, 0.29) is 12.4 Å². The molecule has 4 heteroatoms. The highest BCUT2D eigenvalue weighted by atomic mass is 16.5. The summed E-state index contributed by atoms with van der Waals surface area (Å²) < 4.78 is 4.56. The summed E-state index contributed by atoms with van der Waals surface area (Å²) >= 11 is 0. The Hall–Kier alpha value is -0.870. The fourth-order valence-electron chi connectivity index (χ4n) is 2.92. The molecule has 0 aromatic heterocycles. The van der Waals surface area contributed by atoms with Crippen molar-refractivity contribution < 1.29 is 19.7 Å². The third-order valence-corrected chi connectivity index (χ3v) is 4.71. The van der Waals surface area contributed by atoms with Gasteiger partial charge in [0.15, 0.2) is 0 Å². The van der Waals surface area contributed by atoms with Crippen molar-refractivity contribution in [2.45, 2.75) is 110 Å². The number of hydrogen-bond acceptors (Lipinski definition) is 4. The lowest BCUT2D eigenvalue weighted by molar-refractivity contribution is -0.140. The summed E-state index contributed by atoms with van der Waals surface area (Å²) in [6.45, 7) is 4.11. The lowest BCUT2D eigenvalue weighted by atomic mass is 9.99. The summed E-state index contributed by atoms with van der Waals surface area (Å²) in [5.41, 5.74) is 0.824. The number of carbonyl (C=O) groups excluding carboxylic acids is 1. The summed E-state index contributed by atoms with van der Waals surface area (Å²) in [4.78, 5) is 11.0. The Labute approximate surface area is 154 Å². The quantitative estimate of drug-likeness (QED) is 0.234. The van der Waals surface area contributed by atoms with Gasteiger partial charge in [0.2, 0.25) is 0 Å². The summed E-state index contributed by atoms with van der Waals surface area (Å²) in [5.74, 6) is -0.278. The molecular formula is C21H40O4. The Balaban J connectivity index is 3.71. The average Bonchev–Trinajstić information content (AvgIpc) is 2.62. The van der Waals surface area contributed by atoms with Crippen LogP contribution in [-0.4, -0.2) is 35.5 Å². The Morgan fingerprint density at radius 1 is 0.960 bits per heavy atom. The summed E-state index contributed by atoms with van der Waals surface area (Å²) in [7, 11) is 1.35. The van der Waals surface area contributed by atoms with Gasteiger partial charge in [-0.1, -0.05) is 64.4 Å². The number of hydrogen-bond donors (Lipinski definition) is 2. The molecule has 0 saturated carbocycles. The molecule has 25 heavy (non-hydrogen) atoms. The molecule has 0 fully saturated rings. The van der Waals surface area contributed by atoms with E-state index in [0.29, 0.717) is 12.8 Å². The zero-order valence-electron chi connectivity index (χ0n) is 16.6. The first-order valence-electron chi connectivity index (χ1n) is 10.1. The van der Waals surface area contributed by atoms with E-state index in [9.17, 15) is 15.0 Å². The highest BCUT2D eigenvalue weighted by Gasteiger charge is 2.17. The first-order chi connectivity index (χ1) is 12.0. The number of ether oxygens (including phenoxy) is 1. The molecule has 0 aromatic carbocycles. The zero-order valence-corrected chi connectivity index (χ0v) is 16.6. The molecule has 0 aliphatic carbocycles. The topological polar surface area (TPSA) is 66.8 Å². The maximum atomic E-state index is 11.0. The van der Waals surface area contributed by atoms with Crippen LogP contribution in [0.15, 0.2) is 11.6 Å². The van der Waals surface area contributed by atoms with E-state index >= 15 is 0 Å². The van der Waals surface area contributed by atoms with Crippen LogP contribution < -0.4 is 0 Å². The lowest BCUT2D eigenvalue weighted by Gasteiger charge is -2.18. The summed E-state index contributed by atoms with van der Waals surface area (Å²) in [5, 5.41) is 20.1. The fourth-order valence-corrected chi connectivity index (χ4v) is 2.92. The van der Waals surface area contributed by atoms with Crippen molar-refractivity contribution in [2.75, 3.05) is 7.11 Å². The zero-order chi connectivity index (χ0) is 18.9. The van der Waals surface area contributed by atoms with Gasteiger partial charge in [-0.15, -0.1) is 0 Å². The van der Waals surface area contributed by atoms with Crippen LogP contribution >= 0.6 is 0 Å². The van der Waals surface area contributed by atoms with Crippen molar-refractivity contribution in [3.63, 3.8) is 0 Å². The van der Waals surface area contributed by atoms with Crippen LogP contribution in [0.2, 0.25) is 0 Å². The normalized spacial score (nSPS) is 14.4. The van der Waals surface area contributed by atoms with Gasteiger partial charge in [0.1, 0.15) is 6.10 Å². The minimum absolute atomic E-state index is 0.278. The molecule has 0 aromatic rings. The smallest absolute Gasteiger partial charge is 0.305 e. The van der Waals surface area contributed by atoms with Crippen LogP contribution in [0.25, 0.3) is 0 Å². The Morgan fingerprint density at radius 2 is 1.52 bits per heavy atom. The van der Waals surface area contributed by atoms with Crippen molar-refractivity contribution in [3.05, 3.63) is 11.6 Å². The molecule has 0 bridgehead atoms. The second-order valence-electron chi connectivity index (χ2n) is 7.05. The highest BCUT2D eigenvalue weighted by molar-refractivity contribution is 5.68. The minimum atomic E-state index is -0.837. The van der Waals surface area contributed by atoms with Gasteiger partial charge in [-0.25, -0.2) is 0 Å². The third-order valence-electron chi connectivity index (χ3n) is 4.71. The molecule has 0 radical (unpaired) electrons. The van der Waals surface area contributed by atoms with E-state index in [1.165, 1.54) is 58.5 Å². The first-order valence-corrected chi connectivity index (χ1v) is 10.1. The SMILES string of the molecule is CCCCCCCCCCCC=C(C)C(O)C(O)CCCC(=O)OC. The predicted octanol–water partition coefficient (Wildman–Crippen LogP) is 4.92. The largest absolute Gasteiger partial charge is 0.469 e. The number of rotatable bonds is 16. The highest BCUT2D eigenvalue weighted by Crippen LogP contribution is 2.15. The molecule has 0 amide bonds. The number of carbonyl (C=O) groups is 1. The van der Waals surface area contributed by atoms with Gasteiger partial charge in [0.05, 0.1) is 13.2 Å². The average molecular weight is 357 g/mol. The van der Waals surface area contributed by atoms with Gasteiger partial charge in [0.25, 0.3) is 0 Å². The van der Waals surface area contributed by atoms with E-state index in [4.69, 9.17) is 0 Å². The van der Waals surface area contributed by atoms with Gasteiger partial charge >= 0.3 is 5.97 Å². The molecule has 0 spiro atoms. The van der Waals surface area contributed by atoms with Crippen molar-refractivity contribution >= 4 is 5.97 Å². The van der Waals surface area contributed by atoms with Crippen molar-refractivity contribution in [3.8, 4) is 0 Å². The van der Waals surface area contributed by atoms with E-state index in [2.05, 4.69) is 11.7 Å². The monoisotopic (exact) mass is 356 g/mol. The van der Waals surface area contributed by atoms with Crippen LogP contribution in [0.5, 0.6) is 0 Å². The summed E-state index contributed by atoms with van der Waals surface area (Å²) in [6.07, 6.45) is 14.3. The maximum Gasteiger partial charge on any atom is 0.305 e. The van der Waals surface area contributed by atoms with Crippen LogP contribution in [0.4, 0.5) is 0 Å². The first kappa shape index (κ1) is 24.1. The Morgan fingerprint density at radius 3 is 2.08 bits per heavy atom. The summed E-state index contributed by atoms with van der Waals surface area (Å²) in [6, 6.07) is 0. The third kappa shape index (κ3) is 14.0. The molecule has 0 rings (SSSR count). The van der Waals surface area contributed by atoms with Gasteiger partial charge in [-0.3, -0.25) is 4.79 Å². The molecule has 148 valence electrons. The second-order valence-corrected chi connectivity index (χ2v) is 7.05. The van der Waals surface area contributed by atoms with Crippen molar-refractivity contribution in [1.82, 2.24) is 0 Å². The molecule has 2 N–H and O–H groups in total. The van der Waals surface area contributed by atoms with E-state index in [1.54, 1.807) is 0 Å². The van der Waals surface area contributed by atoms with Gasteiger partial charge in [0, 0.05) is 6.42 Å². The number of unbranched alkanes of at least 4 members (excludes halogenated alkanes) is 9. The molecule has 0 heterocycles. The van der Waals surface area contributed by atoms with Crippen LogP contribution in [0.3, 0.4) is 0 Å². The second kappa shape index (κ2) is 16.6. The molecule has 0 saturated heterocycles. The van der Waals surface area contributed by atoms with Gasteiger partial charge < -0.3 is 14.9 Å². The van der Waals surface area contributed by atoms with Crippen molar-refractivity contribution in [1.29, 1.82) is 0 Å². The lowest BCUT2D eigenvalue weighted by Crippen LogP contribution is -2.27. The van der Waals surface area contributed by atoms with Crippen LogP contribution in [0, 0.1) is 0 Å². The molecular weight excluding hydrogens is 316 g/mol. The number of esters is 1. The number of methoxy groups -OCH3 is 1. The number of aliphatic hydroxyl groups excluding tert-OH is 2. The van der Waals surface area contributed by atoms with Crippen LogP contribution in [0.1, 0.15) is 97.3 Å². The number of aliphatic hydroxyl groups is 2. The van der Waals surface area contributed by atoms with E-state index in [1.807, 2.05) is 13.0 Å². The van der Waals surface area contributed by atoms with Crippen molar-refractivity contribution in [2.24, 2.45) is 0 Å². The molecule has 4 nitrogen and oxygen atoms in total. The van der Waals surface area contributed by atoms with E-state index in [0.717, 1.165) is 18.4 Å². The predicted molar refractivity (Wildman–Crippen MR) is 103 cm³/mol. The molecule has 0 aliphatic rings. The fraction of sp³-hybridized carbons (Fsp3) is 0.857. The van der Waals surface area contributed by atoms with Gasteiger partial charge in [-0.2, -0.15) is 0 Å². The van der Waals surface area contributed by atoms with E-state index < -0.39 is 12.2 Å². The maximum absolute atomic E-state index is 11.0. The van der Waals surface area contributed by atoms with Crippen LogP contribution in [-0.2, 0) is 9.53 Å². The molecule has 2 atom stereocenters. The minimum Gasteiger partial charge on any atom is -0.469 e. The Bertz CT molecular complexity index is 352. The molecule has 2 unspecified atom stereocenters. The standard InChI is InChI=1S/C21H40O4/c1-4-5-6-7-8-9-10-11-12-13-15-18(2)21(24)19(22)16-14-17-20(23)25-3/h15,19,21-22,24H,4-14,16-17H2,1-3H3. The van der Waals surface area contributed by atoms with Gasteiger partial charge in [-0.05, 0) is 38.2 Å². The molecule has 0 aliphatic heterocycles. The number of allylic oxidation sites excluding steroid dienone is 1.